The molecule has 2 aromatic heterocycles. The molecule has 0 atom stereocenters. The number of rotatable bonds is 4. The summed E-state index contributed by atoms with van der Waals surface area (Å²) in [4.78, 5) is 11.8. The first-order valence-corrected chi connectivity index (χ1v) is 5.21. The van der Waals surface area contributed by atoms with E-state index in [4.69, 9.17) is 10.5 Å². The lowest BCUT2D eigenvalue weighted by atomic mass is 10.4. The van der Waals surface area contributed by atoms with Crippen LogP contribution in [0.25, 0.3) is 0 Å². The Balaban J connectivity index is 2.04. The molecule has 0 fully saturated rings. The maximum atomic E-state index is 11.8. The quantitative estimate of drug-likeness (QED) is 0.810. The topological polar surface area (TPSA) is 83.3 Å². The third-order valence-corrected chi connectivity index (χ3v) is 2.32. The molecule has 0 aliphatic heterocycles. The number of anilines is 1. The molecule has 0 unspecified atom stereocenters. The van der Waals surface area contributed by atoms with E-state index < -0.39 is 5.97 Å². The fraction of sp³-hybridized carbons (Fsp3) is 0.273. The molecule has 0 aromatic carbocycles. The van der Waals surface area contributed by atoms with Gasteiger partial charge in [0.2, 0.25) is 0 Å². The number of carbonyl (C=O) groups is 1. The van der Waals surface area contributed by atoms with Crippen LogP contribution in [-0.2, 0) is 17.9 Å². The summed E-state index contributed by atoms with van der Waals surface area (Å²) < 4.78 is 11.5. The normalized spacial score (nSPS) is 10.4. The van der Waals surface area contributed by atoms with Crippen molar-refractivity contribution in [1.29, 1.82) is 0 Å². The summed E-state index contributed by atoms with van der Waals surface area (Å²) in [7, 11) is 0. The van der Waals surface area contributed by atoms with Crippen LogP contribution >= 0.6 is 0 Å². The van der Waals surface area contributed by atoms with E-state index in [0.717, 1.165) is 0 Å². The van der Waals surface area contributed by atoms with E-state index in [9.17, 15) is 4.79 Å². The van der Waals surface area contributed by atoms with E-state index in [0.29, 0.717) is 23.5 Å². The summed E-state index contributed by atoms with van der Waals surface area (Å²) in [6, 6.07) is 1.60. The zero-order chi connectivity index (χ0) is 12.3. The van der Waals surface area contributed by atoms with Crippen LogP contribution in [0.5, 0.6) is 0 Å². The van der Waals surface area contributed by atoms with Gasteiger partial charge in [0, 0.05) is 18.3 Å². The second-order valence-electron chi connectivity index (χ2n) is 3.55. The number of aromatic nitrogens is 2. The van der Waals surface area contributed by atoms with Gasteiger partial charge in [-0.2, -0.15) is 0 Å². The number of nitrogen functional groups attached to an aromatic ring is 1. The highest BCUT2D eigenvalue weighted by molar-refractivity contribution is 5.89. The fourth-order valence-electron chi connectivity index (χ4n) is 1.49. The summed E-state index contributed by atoms with van der Waals surface area (Å²) in [6.45, 7) is 2.72. The Bertz CT molecular complexity index is 502. The van der Waals surface area contributed by atoms with Gasteiger partial charge >= 0.3 is 5.97 Å². The summed E-state index contributed by atoms with van der Waals surface area (Å²) in [5.74, 6) is -0.412. The molecule has 2 rings (SSSR count). The fourth-order valence-corrected chi connectivity index (χ4v) is 1.49. The highest BCUT2D eigenvalue weighted by Gasteiger charge is 2.13. The van der Waals surface area contributed by atoms with Gasteiger partial charge in [0.05, 0.1) is 11.9 Å². The van der Waals surface area contributed by atoms with E-state index >= 15 is 0 Å². The highest BCUT2D eigenvalue weighted by Crippen LogP contribution is 2.12. The van der Waals surface area contributed by atoms with Crippen molar-refractivity contribution in [1.82, 2.24) is 9.72 Å². The van der Waals surface area contributed by atoms with Gasteiger partial charge in [-0.15, -0.1) is 0 Å². The van der Waals surface area contributed by atoms with Crippen molar-refractivity contribution >= 4 is 11.7 Å². The standard InChI is InChI=1S/C11H13N3O3/c1-2-14-5-9(12)3-10(14)11(15)16-6-8-4-13-17-7-8/h3-5,7H,2,6,12H2,1H3. The van der Waals surface area contributed by atoms with Crippen LogP contribution in [0.3, 0.4) is 0 Å². The third-order valence-electron chi connectivity index (χ3n) is 2.32. The molecule has 0 radical (unpaired) electrons. The molecule has 90 valence electrons. The van der Waals surface area contributed by atoms with Gasteiger partial charge in [0.15, 0.2) is 0 Å². The second-order valence-corrected chi connectivity index (χ2v) is 3.55. The number of ether oxygens (including phenoxy) is 1. The molecular formula is C11H13N3O3. The molecular weight excluding hydrogens is 222 g/mol. The van der Waals surface area contributed by atoms with Crippen molar-refractivity contribution in [3.8, 4) is 0 Å². The van der Waals surface area contributed by atoms with Gasteiger partial charge in [-0.25, -0.2) is 4.79 Å². The van der Waals surface area contributed by atoms with Crippen LogP contribution < -0.4 is 5.73 Å². The van der Waals surface area contributed by atoms with E-state index in [1.54, 1.807) is 16.8 Å². The van der Waals surface area contributed by atoms with Crippen molar-refractivity contribution < 1.29 is 14.1 Å². The van der Waals surface area contributed by atoms with Gasteiger partial charge in [-0.3, -0.25) is 0 Å². The van der Waals surface area contributed by atoms with Crippen LogP contribution in [0, 0.1) is 0 Å². The van der Waals surface area contributed by atoms with Gasteiger partial charge < -0.3 is 19.6 Å². The lowest BCUT2D eigenvalue weighted by Gasteiger charge is -2.05. The van der Waals surface area contributed by atoms with Crippen LogP contribution in [0.4, 0.5) is 5.69 Å². The molecule has 6 nitrogen and oxygen atoms in total. The summed E-state index contributed by atoms with van der Waals surface area (Å²) in [5.41, 5.74) is 7.33. The van der Waals surface area contributed by atoms with Crippen molar-refractivity contribution in [3.05, 3.63) is 36.0 Å². The molecule has 0 spiro atoms. The van der Waals surface area contributed by atoms with Gasteiger partial charge in [0.1, 0.15) is 18.6 Å². The molecule has 0 saturated heterocycles. The molecule has 2 N–H and O–H groups in total. The predicted molar refractivity (Wildman–Crippen MR) is 60.1 cm³/mol. The largest absolute Gasteiger partial charge is 0.456 e. The van der Waals surface area contributed by atoms with E-state index in [2.05, 4.69) is 9.68 Å². The molecule has 0 aliphatic carbocycles. The first kappa shape index (κ1) is 11.3. The monoisotopic (exact) mass is 235 g/mol. The van der Waals surface area contributed by atoms with Crippen LogP contribution in [0.2, 0.25) is 0 Å². The molecule has 0 saturated carbocycles. The van der Waals surface area contributed by atoms with Crippen LogP contribution in [0.15, 0.2) is 29.2 Å². The van der Waals surface area contributed by atoms with E-state index in [1.165, 1.54) is 12.5 Å². The number of hydrogen-bond acceptors (Lipinski definition) is 5. The lowest BCUT2D eigenvalue weighted by molar-refractivity contribution is 0.0459. The van der Waals surface area contributed by atoms with Crippen molar-refractivity contribution in [2.45, 2.75) is 20.1 Å². The second kappa shape index (κ2) is 4.73. The zero-order valence-corrected chi connectivity index (χ0v) is 9.42. The molecule has 0 bridgehead atoms. The predicted octanol–water partition coefficient (Wildman–Crippen LogP) is 1.44. The summed E-state index contributed by atoms with van der Waals surface area (Å²) in [6.07, 6.45) is 4.64. The van der Waals surface area contributed by atoms with Crippen molar-refractivity contribution in [2.24, 2.45) is 0 Å². The molecule has 2 heterocycles. The Morgan fingerprint density at radius 1 is 1.65 bits per heavy atom. The van der Waals surface area contributed by atoms with Crippen LogP contribution in [-0.4, -0.2) is 15.7 Å². The lowest BCUT2D eigenvalue weighted by Crippen LogP contribution is -2.10. The van der Waals surface area contributed by atoms with Crippen LogP contribution in [0.1, 0.15) is 23.0 Å². The van der Waals surface area contributed by atoms with Crippen molar-refractivity contribution in [2.75, 3.05) is 5.73 Å². The zero-order valence-electron chi connectivity index (χ0n) is 9.42. The van der Waals surface area contributed by atoms with E-state index in [1.807, 2.05) is 6.92 Å². The Morgan fingerprint density at radius 3 is 3.12 bits per heavy atom. The third kappa shape index (κ3) is 2.47. The molecule has 17 heavy (non-hydrogen) atoms. The van der Waals surface area contributed by atoms with E-state index in [-0.39, 0.29) is 6.61 Å². The first-order valence-electron chi connectivity index (χ1n) is 5.21. The summed E-state index contributed by atoms with van der Waals surface area (Å²) >= 11 is 0. The Hall–Kier alpha value is -2.24. The molecule has 2 aromatic rings. The van der Waals surface area contributed by atoms with Gasteiger partial charge in [-0.1, -0.05) is 5.16 Å². The number of carbonyl (C=O) groups excluding carboxylic acids is 1. The number of aryl methyl sites for hydroxylation is 1. The Labute approximate surface area is 97.9 Å². The highest BCUT2D eigenvalue weighted by atomic mass is 16.5. The van der Waals surface area contributed by atoms with Gasteiger partial charge in [-0.05, 0) is 13.0 Å². The molecule has 0 aliphatic rings. The molecule has 0 amide bonds. The number of nitrogens with two attached hydrogens (primary N) is 1. The minimum absolute atomic E-state index is 0.136. The maximum absolute atomic E-state index is 11.8. The average Bonchev–Trinajstić information content (AvgIpc) is 2.94. The smallest absolute Gasteiger partial charge is 0.355 e. The van der Waals surface area contributed by atoms with Gasteiger partial charge in [0.25, 0.3) is 0 Å². The number of esters is 1. The average molecular weight is 235 g/mol. The maximum Gasteiger partial charge on any atom is 0.355 e. The molecule has 6 heteroatoms. The minimum atomic E-state index is -0.412. The van der Waals surface area contributed by atoms with Crippen molar-refractivity contribution in [3.63, 3.8) is 0 Å². The minimum Gasteiger partial charge on any atom is -0.456 e. The Kier molecular flexibility index (Phi) is 3.13. The Morgan fingerprint density at radius 2 is 2.47 bits per heavy atom. The number of hydrogen-bond donors (Lipinski definition) is 1. The summed E-state index contributed by atoms with van der Waals surface area (Å²) in [5, 5.41) is 3.52. The SMILES string of the molecule is CCn1cc(N)cc1C(=O)OCc1cnoc1. The first-order chi connectivity index (χ1) is 8.20. The number of nitrogens with zero attached hydrogens (tertiary/aromatic N) is 2.